The molecule has 1 heterocycles. The minimum atomic E-state index is 0.208. The van der Waals surface area contributed by atoms with Gasteiger partial charge in [0.25, 0.3) is 0 Å². The van der Waals surface area contributed by atoms with Gasteiger partial charge in [-0.15, -0.1) is 0 Å². The molecule has 0 spiro atoms. The Morgan fingerprint density at radius 2 is 1.89 bits per heavy atom. The van der Waals surface area contributed by atoms with Gasteiger partial charge in [-0.1, -0.05) is 48.8 Å². The Bertz CT molecular complexity index is 405. The number of morpholine rings is 1. The highest BCUT2D eigenvalue weighted by Gasteiger charge is 2.16. The highest BCUT2D eigenvalue weighted by molar-refractivity contribution is 9.10. The molecule has 0 unspecified atom stereocenters. The van der Waals surface area contributed by atoms with Crippen LogP contribution >= 0.6 is 15.9 Å². The standard InChI is InChI=1S/C15H22BrNO/c1-15(2,3)13-5-4-12(14(16)10-13)11-17-6-8-18-9-7-17/h4-5,10H,6-9,11H2,1-3H3. The Morgan fingerprint density at radius 3 is 2.44 bits per heavy atom. The van der Waals surface area contributed by atoms with Crippen LogP contribution < -0.4 is 0 Å². The molecular formula is C15H22BrNO. The summed E-state index contributed by atoms with van der Waals surface area (Å²) in [6.45, 7) is 11.5. The Balaban J connectivity index is 2.09. The minimum Gasteiger partial charge on any atom is -0.379 e. The van der Waals surface area contributed by atoms with E-state index >= 15 is 0 Å². The Kier molecular flexibility index (Phi) is 4.46. The summed E-state index contributed by atoms with van der Waals surface area (Å²) in [5.41, 5.74) is 2.95. The predicted octanol–water partition coefficient (Wildman–Crippen LogP) is 3.58. The van der Waals surface area contributed by atoms with Gasteiger partial charge in [0.1, 0.15) is 0 Å². The van der Waals surface area contributed by atoms with Gasteiger partial charge in [0, 0.05) is 24.1 Å². The van der Waals surface area contributed by atoms with Crippen LogP contribution in [0.4, 0.5) is 0 Å². The molecule has 0 radical (unpaired) electrons. The molecule has 0 saturated carbocycles. The van der Waals surface area contributed by atoms with Gasteiger partial charge in [0.15, 0.2) is 0 Å². The summed E-state index contributed by atoms with van der Waals surface area (Å²) in [6.07, 6.45) is 0. The van der Waals surface area contributed by atoms with Crippen LogP contribution in [0.15, 0.2) is 22.7 Å². The summed E-state index contributed by atoms with van der Waals surface area (Å²) in [6, 6.07) is 6.76. The zero-order valence-electron chi connectivity index (χ0n) is 11.5. The summed E-state index contributed by atoms with van der Waals surface area (Å²) in [5.74, 6) is 0. The average Bonchev–Trinajstić information content (AvgIpc) is 2.32. The highest BCUT2D eigenvalue weighted by atomic mass is 79.9. The molecule has 1 aromatic carbocycles. The average molecular weight is 312 g/mol. The molecule has 2 nitrogen and oxygen atoms in total. The summed E-state index contributed by atoms with van der Waals surface area (Å²) in [4.78, 5) is 2.44. The van der Waals surface area contributed by atoms with E-state index in [0.717, 1.165) is 32.8 Å². The van der Waals surface area contributed by atoms with E-state index in [1.54, 1.807) is 0 Å². The number of ether oxygens (including phenoxy) is 1. The maximum Gasteiger partial charge on any atom is 0.0594 e. The second-order valence-corrected chi connectivity index (χ2v) is 6.80. The lowest BCUT2D eigenvalue weighted by molar-refractivity contribution is 0.0341. The van der Waals surface area contributed by atoms with Gasteiger partial charge in [-0.05, 0) is 22.6 Å². The number of hydrogen-bond acceptors (Lipinski definition) is 2. The molecule has 2 rings (SSSR count). The van der Waals surface area contributed by atoms with Crippen LogP contribution in [0.1, 0.15) is 31.9 Å². The van der Waals surface area contributed by atoms with Crippen molar-refractivity contribution in [1.82, 2.24) is 4.90 Å². The molecule has 100 valence electrons. The molecule has 1 aromatic rings. The van der Waals surface area contributed by atoms with Gasteiger partial charge >= 0.3 is 0 Å². The van der Waals surface area contributed by atoms with Crippen LogP contribution in [-0.4, -0.2) is 31.2 Å². The molecular weight excluding hydrogens is 290 g/mol. The lowest BCUT2D eigenvalue weighted by Gasteiger charge is -2.27. The van der Waals surface area contributed by atoms with Crippen LogP contribution in [0.5, 0.6) is 0 Å². The van der Waals surface area contributed by atoms with Gasteiger partial charge in [0.05, 0.1) is 13.2 Å². The van der Waals surface area contributed by atoms with E-state index < -0.39 is 0 Å². The Hall–Kier alpha value is -0.380. The van der Waals surface area contributed by atoms with Crippen molar-refractivity contribution in [2.45, 2.75) is 32.7 Å². The Labute approximate surface area is 118 Å². The van der Waals surface area contributed by atoms with Crippen LogP contribution in [0.3, 0.4) is 0 Å². The number of hydrogen-bond donors (Lipinski definition) is 0. The smallest absolute Gasteiger partial charge is 0.0594 e. The van der Waals surface area contributed by atoms with E-state index in [2.05, 4.69) is 59.8 Å². The number of halogens is 1. The first-order valence-electron chi connectivity index (χ1n) is 6.56. The van der Waals surface area contributed by atoms with Crippen molar-refractivity contribution in [3.63, 3.8) is 0 Å². The zero-order valence-corrected chi connectivity index (χ0v) is 13.1. The molecule has 18 heavy (non-hydrogen) atoms. The monoisotopic (exact) mass is 311 g/mol. The van der Waals surface area contributed by atoms with Crippen LogP contribution in [-0.2, 0) is 16.7 Å². The van der Waals surface area contributed by atoms with E-state index in [9.17, 15) is 0 Å². The van der Waals surface area contributed by atoms with Gasteiger partial charge in [0.2, 0.25) is 0 Å². The highest BCUT2D eigenvalue weighted by Crippen LogP contribution is 2.28. The van der Waals surface area contributed by atoms with Gasteiger partial charge < -0.3 is 4.74 Å². The summed E-state index contributed by atoms with van der Waals surface area (Å²) >= 11 is 3.71. The molecule has 0 aromatic heterocycles. The fourth-order valence-electron chi connectivity index (χ4n) is 2.14. The minimum absolute atomic E-state index is 0.208. The fourth-order valence-corrected chi connectivity index (χ4v) is 2.65. The second kappa shape index (κ2) is 5.72. The number of benzene rings is 1. The number of rotatable bonds is 2. The van der Waals surface area contributed by atoms with E-state index in [-0.39, 0.29) is 5.41 Å². The molecule has 0 amide bonds. The molecule has 0 atom stereocenters. The third-order valence-corrected chi connectivity index (χ3v) is 4.15. The van der Waals surface area contributed by atoms with Crippen molar-refractivity contribution >= 4 is 15.9 Å². The van der Waals surface area contributed by atoms with E-state index in [4.69, 9.17) is 4.74 Å². The van der Waals surface area contributed by atoms with Crippen LogP contribution in [0.25, 0.3) is 0 Å². The van der Waals surface area contributed by atoms with Crippen molar-refractivity contribution in [3.05, 3.63) is 33.8 Å². The Morgan fingerprint density at radius 1 is 1.22 bits per heavy atom. The quantitative estimate of drug-likeness (QED) is 0.827. The number of nitrogens with zero attached hydrogens (tertiary/aromatic N) is 1. The summed E-state index contributed by atoms with van der Waals surface area (Å²) in [7, 11) is 0. The third kappa shape index (κ3) is 3.56. The van der Waals surface area contributed by atoms with Crippen LogP contribution in [0.2, 0.25) is 0 Å². The SMILES string of the molecule is CC(C)(C)c1ccc(CN2CCOCC2)c(Br)c1. The lowest BCUT2D eigenvalue weighted by Crippen LogP contribution is -2.35. The zero-order chi connectivity index (χ0) is 13.2. The normalized spacial score (nSPS) is 18.0. The van der Waals surface area contributed by atoms with Crippen molar-refractivity contribution in [2.75, 3.05) is 26.3 Å². The lowest BCUT2D eigenvalue weighted by atomic mass is 9.86. The molecule has 1 aliphatic heterocycles. The maximum atomic E-state index is 5.38. The molecule has 0 bridgehead atoms. The summed E-state index contributed by atoms with van der Waals surface area (Å²) < 4.78 is 6.60. The molecule has 3 heteroatoms. The maximum absolute atomic E-state index is 5.38. The summed E-state index contributed by atoms with van der Waals surface area (Å²) in [5, 5.41) is 0. The molecule has 1 fully saturated rings. The topological polar surface area (TPSA) is 12.5 Å². The molecule has 0 aliphatic carbocycles. The van der Waals surface area contributed by atoms with Gasteiger partial charge in [-0.25, -0.2) is 0 Å². The second-order valence-electron chi connectivity index (χ2n) is 5.94. The first-order valence-corrected chi connectivity index (χ1v) is 7.35. The van der Waals surface area contributed by atoms with Crippen molar-refractivity contribution in [2.24, 2.45) is 0 Å². The first-order chi connectivity index (χ1) is 8.47. The molecule has 1 saturated heterocycles. The molecule has 0 N–H and O–H groups in total. The van der Waals surface area contributed by atoms with Crippen molar-refractivity contribution in [3.8, 4) is 0 Å². The van der Waals surface area contributed by atoms with Gasteiger partial charge in [-0.2, -0.15) is 0 Å². The van der Waals surface area contributed by atoms with Crippen LogP contribution in [0, 0.1) is 0 Å². The molecule has 1 aliphatic rings. The third-order valence-electron chi connectivity index (χ3n) is 3.42. The van der Waals surface area contributed by atoms with Crippen molar-refractivity contribution < 1.29 is 4.74 Å². The van der Waals surface area contributed by atoms with Crippen molar-refractivity contribution in [1.29, 1.82) is 0 Å². The van der Waals surface area contributed by atoms with E-state index in [1.165, 1.54) is 15.6 Å². The fraction of sp³-hybridized carbons (Fsp3) is 0.600. The van der Waals surface area contributed by atoms with E-state index in [0.29, 0.717) is 0 Å². The van der Waals surface area contributed by atoms with E-state index in [1.807, 2.05) is 0 Å². The largest absolute Gasteiger partial charge is 0.379 e. The van der Waals surface area contributed by atoms with Gasteiger partial charge in [-0.3, -0.25) is 4.90 Å². The first kappa shape index (κ1) is 14.0. The predicted molar refractivity (Wildman–Crippen MR) is 78.9 cm³/mol.